The van der Waals surface area contributed by atoms with Gasteiger partial charge in [-0.05, 0) is 19.1 Å². The van der Waals surface area contributed by atoms with Gasteiger partial charge in [-0.25, -0.2) is 4.98 Å². The average Bonchev–Trinajstić information content (AvgIpc) is 2.98. The van der Waals surface area contributed by atoms with Gasteiger partial charge < -0.3 is 14.5 Å². The zero-order valence-corrected chi connectivity index (χ0v) is 11.5. The Morgan fingerprint density at radius 1 is 1.20 bits per heavy atom. The van der Waals surface area contributed by atoms with Crippen LogP contribution < -0.4 is 5.32 Å². The normalized spacial score (nSPS) is 10.7. The van der Waals surface area contributed by atoms with Gasteiger partial charge in [-0.1, -0.05) is 18.2 Å². The third-order valence-electron chi connectivity index (χ3n) is 3.04. The third kappa shape index (κ3) is 2.54. The van der Waals surface area contributed by atoms with E-state index in [1.807, 2.05) is 59.6 Å². The van der Waals surface area contributed by atoms with E-state index in [-0.39, 0.29) is 0 Å². The van der Waals surface area contributed by atoms with E-state index in [4.69, 9.17) is 0 Å². The van der Waals surface area contributed by atoms with Crippen LogP contribution >= 0.6 is 0 Å². The van der Waals surface area contributed by atoms with Gasteiger partial charge in [0.25, 0.3) is 0 Å². The van der Waals surface area contributed by atoms with E-state index in [9.17, 15) is 0 Å². The molecule has 0 unspecified atom stereocenters. The minimum Gasteiger partial charge on any atom is -0.326 e. The second kappa shape index (κ2) is 5.16. The molecular formula is C14H16N6. The fourth-order valence-corrected chi connectivity index (χ4v) is 2.02. The van der Waals surface area contributed by atoms with Crippen LogP contribution in [-0.2, 0) is 13.6 Å². The third-order valence-corrected chi connectivity index (χ3v) is 3.04. The zero-order chi connectivity index (χ0) is 13.9. The summed E-state index contributed by atoms with van der Waals surface area (Å²) in [4.78, 5) is 4.51. The molecule has 0 amide bonds. The van der Waals surface area contributed by atoms with Gasteiger partial charge in [0.1, 0.15) is 6.33 Å². The first-order valence-corrected chi connectivity index (χ1v) is 6.41. The summed E-state index contributed by atoms with van der Waals surface area (Å²) in [5.41, 5.74) is 1.97. The number of hydrogen-bond acceptors (Lipinski definition) is 4. The average molecular weight is 268 g/mol. The fourth-order valence-electron chi connectivity index (χ4n) is 2.02. The van der Waals surface area contributed by atoms with Gasteiger partial charge in [-0.3, -0.25) is 0 Å². The Bertz CT molecular complexity index is 698. The summed E-state index contributed by atoms with van der Waals surface area (Å²) in [7, 11) is 1.93. The molecule has 0 bridgehead atoms. The highest BCUT2D eigenvalue weighted by Gasteiger charge is 2.09. The summed E-state index contributed by atoms with van der Waals surface area (Å²) >= 11 is 0. The second-order valence-electron chi connectivity index (χ2n) is 4.68. The van der Waals surface area contributed by atoms with Crippen molar-refractivity contribution in [2.24, 2.45) is 7.05 Å². The number of rotatable bonds is 4. The second-order valence-corrected chi connectivity index (χ2v) is 4.68. The molecule has 6 nitrogen and oxygen atoms in total. The molecule has 102 valence electrons. The molecule has 2 aromatic heterocycles. The Hall–Kier alpha value is -2.63. The van der Waals surface area contributed by atoms with Gasteiger partial charge in [0.05, 0.1) is 12.2 Å². The largest absolute Gasteiger partial charge is 0.326 e. The molecule has 0 aliphatic heterocycles. The van der Waals surface area contributed by atoms with E-state index in [0.29, 0.717) is 6.54 Å². The minimum atomic E-state index is 0.631. The maximum absolute atomic E-state index is 4.51. The number of hydrogen-bond donors (Lipinski definition) is 1. The van der Waals surface area contributed by atoms with E-state index in [0.717, 1.165) is 23.2 Å². The summed E-state index contributed by atoms with van der Waals surface area (Å²) < 4.78 is 3.94. The van der Waals surface area contributed by atoms with Crippen LogP contribution in [0.3, 0.4) is 0 Å². The molecule has 20 heavy (non-hydrogen) atoms. The Morgan fingerprint density at radius 2 is 2.00 bits per heavy atom. The lowest BCUT2D eigenvalue weighted by atomic mass is 10.3. The summed E-state index contributed by atoms with van der Waals surface area (Å²) in [5.74, 6) is 1.69. The number of anilines is 2. The van der Waals surface area contributed by atoms with Gasteiger partial charge in [0, 0.05) is 18.9 Å². The molecule has 1 N–H and O–H groups in total. The molecule has 0 atom stereocenters. The van der Waals surface area contributed by atoms with Crippen LogP contribution in [0.5, 0.6) is 0 Å². The lowest BCUT2D eigenvalue weighted by molar-refractivity contribution is 0.703. The zero-order valence-electron chi connectivity index (χ0n) is 11.5. The van der Waals surface area contributed by atoms with Crippen molar-refractivity contribution in [1.82, 2.24) is 24.3 Å². The van der Waals surface area contributed by atoms with Gasteiger partial charge in [-0.2, -0.15) is 0 Å². The van der Waals surface area contributed by atoms with Crippen molar-refractivity contribution in [3.8, 4) is 0 Å². The Morgan fingerprint density at radius 3 is 2.70 bits per heavy atom. The molecule has 0 aliphatic carbocycles. The maximum atomic E-state index is 4.51. The summed E-state index contributed by atoms with van der Waals surface area (Å²) in [6.07, 6.45) is 3.70. The van der Waals surface area contributed by atoms with Crippen LogP contribution in [-0.4, -0.2) is 24.3 Å². The first kappa shape index (κ1) is 12.4. The van der Waals surface area contributed by atoms with E-state index >= 15 is 0 Å². The lowest BCUT2D eigenvalue weighted by Crippen LogP contribution is -2.08. The van der Waals surface area contributed by atoms with E-state index in [1.165, 1.54) is 0 Å². The molecule has 3 aromatic rings. The Kier molecular flexibility index (Phi) is 3.20. The fraction of sp³-hybridized carbons (Fsp3) is 0.214. The molecule has 0 fully saturated rings. The first-order chi connectivity index (χ1) is 9.72. The summed E-state index contributed by atoms with van der Waals surface area (Å²) in [6, 6.07) is 9.99. The molecular weight excluding hydrogens is 252 g/mol. The summed E-state index contributed by atoms with van der Waals surface area (Å²) in [5, 5.41) is 11.3. The van der Waals surface area contributed by atoms with Crippen molar-refractivity contribution in [2.75, 3.05) is 5.32 Å². The van der Waals surface area contributed by atoms with Crippen molar-refractivity contribution in [3.63, 3.8) is 0 Å². The van der Waals surface area contributed by atoms with Crippen LogP contribution in [0.4, 0.5) is 11.6 Å². The van der Waals surface area contributed by atoms with Crippen molar-refractivity contribution in [1.29, 1.82) is 0 Å². The molecule has 0 saturated heterocycles. The molecule has 0 radical (unpaired) electrons. The van der Waals surface area contributed by atoms with Crippen molar-refractivity contribution in [2.45, 2.75) is 13.5 Å². The SMILES string of the molecule is Cc1cn(Cc2nncn2C)c(Nc2ccccc2)n1. The van der Waals surface area contributed by atoms with Crippen molar-refractivity contribution in [3.05, 3.63) is 54.4 Å². The topological polar surface area (TPSA) is 60.6 Å². The lowest BCUT2D eigenvalue weighted by Gasteiger charge is -2.09. The standard InChI is InChI=1S/C14H16N6/c1-11-8-20(9-13-18-15-10-19(13)2)14(16-11)17-12-6-4-3-5-7-12/h3-8,10H,9H2,1-2H3,(H,16,17). The first-order valence-electron chi connectivity index (χ1n) is 6.41. The number of aryl methyl sites for hydroxylation is 2. The number of nitrogens with zero attached hydrogens (tertiary/aromatic N) is 5. The number of para-hydroxylation sites is 1. The van der Waals surface area contributed by atoms with Crippen LogP contribution in [0.1, 0.15) is 11.5 Å². The molecule has 2 heterocycles. The number of nitrogens with one attached hydrogen (secondary N) is 1. The number of imidazole rings is 1. The Balaban J connectivity index is 1.87. The van der Waals surface area contributed by atoms with Crippen LogP contribution in [0.25, 0.3) is 0 Å². The monoisotopic (exact) mass is 268 g/mol. The van der Waals surface area contributed by atoms with Gasteiger partial charge >= 0.3 is 0 Å². The highest BCUT2D eigenvalue weighted by atomic mass is 15.3. The van der Waals surface area contributed by atoms with Gasteiger partial charge in [0.15, 0.2) is 5.82 Å². The van der Waals surface area contributed by atoms with Crippen LogP contribution in [0.15, 0.2) is 42.9 Å². The summed E-state index contributed by atoms with van der Waals surface area (Å²) in [6.45, 7) is 2.61. The van der Waals surface area contributed by atoms with E-state index < -0.39 is 0 Å². The van der Waals surface area contributed by atoms with Gasteiger partial charge in [-0.15, -0.1) is 10.2 Å². The predicted molar refractivity (Wildman–Crippen MR) is 76.8 cm³/mol. The predicted octanol–water partition coefficient (Wildman–Crippen LogP) is 2.11. The molecule has 0 saturated carbocycles. The van der Waals surface area contributed by atoms with Crippen molar-refractivity contribution >= 4 is 11.6 Å². The molecule has 1 aromatic carbocycles. The quantitative estimate of drug-likeness (QED) is 0.787. The highest BCUT2D eigenvalue weighted by molar-refractivity contribution is 5.53. The number of aromatic nitrogens is 5. The molecule has 6 heteroatoms. The van der Waals surface area contributed by atoms with Crippen molar-refractivity contribution < 1.29 is 0 Å². The van der Waals surface area contributed by atoms with Gasteiger partial charge in [0.2, 0.25) is 5.95 Å². The smallest absolute Gasteiger partial charge is 0.208 e. The van der Waals surface area contributed by atoms with E-state index in [1.54, 1.807) is 6.33 Å². The molecule has 3 rings (SSSR count). The number of benzene rings is 1. The highest BCUT2D eigenvalue weighted by Crippen LogP contribution is 2.16. The molecule has 0 aliphatic rings. The molecule has 0 spiro atoms. The Labute approximate surface area is 117 Å². The van der Waals surface area contributed by atoms with Crippen LogP contribution in [0, 0.1) is 6.92 Å². The minimum absolute atomic E-state index is 0.631. The maximum Gasteiger partial charge on any atom is 0.208 e. The van der Waals surface area contributed by atoms with E-state index in [2.05, 4.69) is 20.5 Å². The van der Waals surface area contributed by atoms with Crippen LogP contribution in [0.2, 0.25) is 0 Å².